The fourth-order valence-electron chi connectivity index (χ4n) is 3.32. The molecule has 1 aliphatic rings. The van der Waals surface area contributed by atoms with Gasteiger partial charge < -0.3 is 14.0 Å². The van der Waals surface area contributed by atoms with Crippen LogP contribution in [0, 0.1) is 6.92 Å². The van der Waals surface area contributed by atoms with Crippen LogP contribution >= 0.6 is 11.6 Å². The first-order chi connectivity index (χ1) is 11.2. The number of aromatic nitrogens is 2. The Morgan fingerprint density at radius 3 is 2.75 bits per heavy atom. The van der Waals surface area contributed by atoms with Gasteiger partial charge in [-0.3, -0.25) is 0 Å². The van der Waals surface area contributed by atoms with Gasteiger partial charge in [-0.25, -0.2) is 9.78 Å². The van der Waals surface area contributed by atoms with Crippen LogP contribution in [0.15, 0.2) is 6.07 Å². The first-order valence-electron chi connectivity index (χ1n) is 8.15. The summed E-state index contributed by atoms with van der Waals surface area (Å²) in [6.45, 7) is 8.90. The molecule has 1 saturated heterocycles. The van der Waals surface area contributed by atoms with Crippen LogP contribution < -0.4 is 0 Å². The maximum absolute atomic E-state index is 12.7. The molecule has 2 aromatic heterocycles. The molecule has 24 heavy (non-hydrogen) atoms. The molecule has 0 aromatic carbocycles. The lowest BCUT2D eigenvalue weighted by molar-refractivity contribution is 0.00587. The van der Waals surface area contributed by atoms with Gasteiger partial charge in [0.2, 0.25) is 0 Å². The van der Waals surface area contributed by atoms with Crippen LogP contribution in [0.4, 0.5) is 0 Å². The second-order valence-electron chi connectivity index (χ2n) is 7.32. The highest BCUT2D eigenvalue weighted by atomic mass is 35.5. The Hall–Kier alpha value is -1.59. The number of fused-ring (bicyclic) bond motifs is 1. The van der Waals surface area contributed by atoms with E-state index in [1.165, 1.54) is 0 Å². The molecule has 0 bridgehead atoms. The number of halogens is 1. The van der Waals surface area contributed by atoms with Crippen LogP contribution in [0.3, 0.4) is 0 Å². The largest absolute Gasteiger partial charge is 0.455 e. The zero-order valence-electron chi connectivity index (χ0n) is 14.8. The molecule has 5 nitrogen and oxygen atoms in total. The normalized spacial score (nSPS) is 18.3. The van der Waals surface area contributed by atoms with Crippen LogP contribution in [0.5, 0.6) is 0 Å². The van der Waals surface area contributed by atoms with Crippen molar-refractivity contribution in [1.29, 1.82) is 0 Å². The lowest BCUT2D eigenvalue weighted by Gasteiger charge is -2.20. The van der Waals surface area contributed by atoms with Crippen molar-refractivity contribution in [3.63, 3.8) is 0 Å². The predicted molar refractivity (Wildman–Crippen MR) is 93.8 cm³/mol. The van der Waals surface area contributed by atoms with Gasteiger partial charge in [0, 0.05) is 25.0 Å². The molecule has 130 valence electrons. The molecule has 0 aliphatic carbocycles. The minimum absolute atomic E-state index is 0.207. The minimum atomic E-state index is -0.544. The third-order valence-corrected chi connectivity index (χ3v) is 4.52. The van der Waals surface area contributed by atoms with E-state index in [-0.39, 0.29) is 11.9 Å². The Labute approximate surface area is 146 Å². The number of esters is 1. The van der Waals surface area contributed by atoms with E-state index in [0.29, 0.717) is 17.5 Å². The molecule has 1 unspecified atom stereocenters. The molecule has 1 atom stereocenters. The third-order valence-electron chi connectivity index (χ3n) is 4.33. The molecule has 1 aliphatic heterocycles. The summed E-state index contributed by atoms with van der Waals surface area (Å²) in [4.78, 5) is 17.2. The van der Waals surface area contributed by atoms with Crippen LogP contribution in [-0.2, 0) is 16.5 Å². The maximum atomic E-state index is 12.7. The molecule has 2 aromatic rings. The Balaban J connectivity index is 2.19. The second-order valence-corrected chi connectivity index (χ2v) is 7.71. The zero-order chi connectivity index (χ0) is 17.6. The molecule has 3 heterocycles. The van der Waals surface area contributed by atoms with Crippen molar-refractivity contribution in [2.45, 2.75) is 45.6 Å². The molecule has 3 rings (SSSR count). The lowest BCUT2D eigenvalue weighted by Crippen LogP contribution is -2.25. The number of hydrogen-bond donors (Lipinski definition) is 0. The van der Waals surface area contributed by atoms with Gasteiger partial charge in [-0.1, -0.05) is 11.6 Å². The number of carbonyl (C=O) groups excluding carboxylic acids is 1. The number of pyridine rings is 1. The summed E-state index contributed by atoms with van der Waals surface area (Å²) in [6.07, 6.45) is 0.915. The van der Waals surface area contributed by atoms with Crippen molar-refractivity contribution in [2.24, 2.45) is 7.05 Å². The summed E-state index contributed by atoms with van der Waals surface area (Å²) in [5.74, 6) is -0.123. The molecule has 0 saturated carbocycles. The summed E-state index contributed by atoms with van der Waals surface area (Å²) in [7, 11) is 1.86. The van der Waals surface area contributed by atoms with Crippen LogP contribution in [0.2, 0.25) is 5.15 Å². The van der Waals surface area contributed by atoms with E-state index in [1.807, 2.05) is 39.3 Å². The number of aryl methyl sites for hydroxylation is 2. The summed E-state index contributed by atoms with van der Waals surface area (Å²) in [5.41, 5.74) is 2.70. The fraction of sp³-hybridized carbons (Fsp3) is 0.556. The molecule has 0 N–H and O–H groups in total. The van der Waals surface area contributed by atoms with E-state index < -0.39 is 5.60 Å². The van der Waals surface area contributed by atoms with Crippen LogP contribution in [0.1, 0.15) is 54.9 Å². The van der Waals surface area contributed by atoms with Gasteiger partial charge >= 0.3 is 5.97 Å². The van der Waals surface area contributed by atoms with Gasteiger partial charge in [-0.05, 0) is 45.7 Å². The summed E-state index contributed by atoms with van der Waals surface area (Å²) >= 11 is 6.24. The SMILES string of the molecule is Cc1c(C(=O)OC(C)(C)C)n(C)c2cc(Cl)nc(C3CCOC3)c12. The average Bonchev–Trinajstić information content (AvgIpc) is 3.05. The highest BCUT2D eigenvalue weighted by Crippen LogP contribution is 2.36. The Kier molecular flexibility index (Phi) is 4.34. The summed E-state index contributed by atoms with van der Waals surface area (Å²) in [6, 6.07) is 1.80. The summed E-state index contributed by atoms with van der Waals surface area (Å²) in [5, 5.41) is 1.42. The smallest absolute Gasteiger partial charge is 0.355 e. The first kappa shape index (κ1) is 17.2. The van der Waals surface area contributed by atoms with E-state index in [2.05, 4.69) is 4.98 Å². The number of ether oxygens (including phenoxy) is 2. The Morgan fingerprint density at radius 2 is 2.17 bits per heavy atom. The van der Waals surface area contributed by atoms with Gasteiger partial charge in [0.15, 0.2) is 0 Å². The van der Waals surface area contributed by atoms with Crippen molar-refractivity contribution in [2.75, 3.05) is 13.2 Å². The lowest BCUT2D eigenvalue weighted by atomic mass is 9.98. The Morgan fingerprint density at radius 1 is 1.46 bits per heavy atom. The minimum Gasteiger partial charge on any atom is -0.455 e. The van der Waals surface area contributed by atoms with Gasteiger partial charge in [0.25, 0.3) is 0 Å². The highest BCUT2D eigenvalue weighted by molar-refractivity contribution is 6.30. The topological polar surface area (TPSA) is 53.4 Å². The van der Waals surface area contributed by atoms with Gasteiger partial charge in [0.1, 0.15) is 16.4 Å². The molecule has 0 amide bonds. The number of nitrogens with zero attached hydrogens (tertiary/aromatic N) is 2. The van der Waals surface area contributed by atoms with Crippen molar-refractivity contribution in [3.8, 4) is 0 Å². The van der Waals surface area contributed by atoms with Crippen molar-refractivity contribution in [3.05, 3.63) is 28.2 Å². The summed E-state index contributed by atoms with van der Waals surface area (Å²) < 4.78 is 12.9. The molecule has 0 radical (unpaired) electrons. The number of hydrogen-bond acceptors (Lipinski definition) is 4. The molecular weight excluding hydrogens is 328 g/mol. The van der Waals surface area contributed by atoms with E-state index in [0.717, 1.165) is 35.2 Å². The number of rotatable bonds is 2. The average molecular weight is 351 g/mol. The monoisotopic (exact) mass is 350 g/mol. The number of carbonyl (C=O) groups is 1. The van der Waals surface area contributed by atoms with Gasteiger partial charge in [-0.2, -0.15) is 0 Å². The highest BCUT2D eigenvalue weighted by Gasteiger charge is 2.29. The predicted octanol–water partition coefficient (Wildman–Crippen LogP) is 3.99. The van der Waals surface area contributed by atoms with E-state index in [9.17, 15) is 4.79 Å². The van der Waals surface area contributed by atoms with Crippen LogP contribution in [-0.4, -0.2) is 34.3 Å². The van der Waals surface area contributed by atoms with E-state index >= 15 is 0 Å². The molecular formula is C18H23ClN2O3. The molecule has 6 heteroatoms. The fourth-order valence-corrected chi connectivity index (χ4v) is 3.52. The Bertz CT molecular complexity index is 799. The van der Waals surface area contributed by atoms with Crippen molar-refractivity contribution < 1.29 is 14.3 Å². The van der Waals surface area contributed by atoms with Crippen LogP contribution in [0.25, 0.3) is 10.9 Å². The first-order valence-corrected chi connectivity index (χ1v) is 8.53. The zero-order valence-corrected chi connectivity index (χ0v) is 15.5. The van der Waals surface area contributed by atoms with Crippen molar-refractivity contribution >= 4 is 28.5 Å². The van der Waals surface area contributed by atoms with Crippen molar-refractivity contribution in [1.82, 2.24) is 9.55 Å². The van der Waals surface area contributed by atoms with Gasteiger partial charge in [0.05, 0.1) is 17.8 Å². The third kappa shape index (κ3) is 3.03. The van der Waals surface area contributed by atoms with E-state index in [4.69, 9.17) is 21.1 Å². The molecule has 1 fully saturated rings. The maximum Gasteiger partial charge on any atom is 0.355 e. The van der Waals surface area contributed by atoms with E-state index in [1.54, 1.807) is 6.07 Å². The van der Waals surface area contributed by atoms with Gasteiger partial charge in [-0.15, -0.1) is 0 Å². The second kappa shape index (κ2) is 6.05. The quantitative estimate of drug-likeness (QED) is 0.607. The molecule has 0 spiro atoms. The standard InChI is InChI=1S/C18H23ClN2O3/c1-10-14-12(21(5)16(10)17(22)24-18(2,3)4)8-13(19)20-15(14)11-6-7-23-9-11/h8,11H,6-7,9H2,1-5H3.